The molecule has 3 nitrogen and oxygen atoms in total. The first-order chi connectivity index (χ1) is 8.74. The van der Waals surface area contributed by atoms with Crippen molar-refractivity contribution in [1.82, 2.24) is 5.32 Å². The Bertz CT molecular complexity index is 345. The summed E-state index contributed by atoms with van der Waals surface area (Å²) in [5.41, 5.74) is 1.14. The molecule has 0 bridgehead atoms. The molecule has 0 aliphatic carbocycles. The van der Waals surface area contributed by atoms with Gasteiger partial charge in [-0.25, -0.2) is 0 Å². The zero-order chi connectivity index (χ0) is 13.2. The summed E-state index contributed by atoms with van der Waals surface area (Å²) in [6.45, 7) is 8.00. The van der Waals surface area contributed by atoms with Crippen molar-refractivity contribution in [3.63, 3.8) is 0 Å². The van der Waals surface area contributed by atoms with E-state index in [2.05, 4.69) is 5.32 Å². The first kappa shape index (κ1) is 15.3. The number of benzene rings is 1. The van der Waals surface area contributed by atoms with Crippen molar-refractivity contribution in [2.75, 3.05) is 32.9 Å². The minimum atomic E-state index is 0.622. The summed E-state index contributed by atoms with van der Waals surface area (Å²) in [4.78, 5) is 0. The molecule has 0 spiro atoms. The molecular weight excluding hydrogens is 250 g/mol. The Morgan fingerprint density at radius 3 is 2.78 bits per heavy atom. The summed E-state index contributed by atoms with van der Waals surface area (Å²) in [7, 11) is 0. The molecule has 0 saturated carbocycles. The van der Waals surface area contributed by atoms with Gasteiger partial charge in [0.15, 0.2) is 0 Å². The van der Waals surface area contributed by atoms with Crippen molar-refractivity contribution in [2.45, 2.75) is 20.3 Å². The normalized spacial score (nSPS) is 10.6. The van der Waals surface area contributed by atoms with Crippen LogP contribution in [0.15, 0.2) is 18.2 Å². The lowest BCUT2D eigenvalue weighted by Gasteiger charge is -2.09. The number of rotatable bonds is 9. The van der Waals surface area contributed by atoms with Crippen molar-refractivity contribution >= 4 is 11.6 Å². The molecule has 0 saturated heterocycles. The van der Waals surface area contributed by atoms with Gasteiger partial charge >= 0.3 is 0 Å². The predicted molar refractivity (Wildman–Crippen MR) is 75.7 cm³/mol. The van der Waals surface area contributed by atoms with Gasteiger partial charge in [-0.05, 0) is 44.5 Å². The third-order valence-corrected chi connectivity index (χ3v) is 2.77. The van der Waals surface area contributed by atoms with E-state index in [-0.39, 0.29) is 0 Å². The largest absolute Gasteiger partial charge is 0.491 e. The average Bonchev–Trinajstić information content (AvgIpc) is 2.35. The maximum Gasteiger partial charge on any atom is 0.137 e. The number of ether oxygens (including phenoxy) is 2. The first-order valence-corrected chi connectivity index (χ1v) is 6.79. The quantitative estimate of drug-likeness (QED) is 0.701. The standard InChI is InChI=1S/C14H22ClNO2/c1-3-17-9-4-7-16-8-10-18-14-6-5-12(2)11-13(14)15/h5-6,11,16H,3-4,7-10H2,1-2H3. The fourth-order valence-corrected chi connectivity index (χ4v) is 1.81. The Hall–Kier alpha value is -0.770. The van der Waals surface area contributed by atoms with Crippen LogP contribution >= 0.6 is 11.6 Å². The van der Waals surface area contributed by atoms with Crippen LogP contribution in [0, 0.1) is 6.92 Å². The van der Waals surface area contributed by atoms with E-state index in [1.807, 2.05) is 32.0 Å². The lowest BCUT2D eigenvalue weighted by molar-refractivity contribution is 0.144. The predicted octanol–water partition coefficient (Wildman–Crippen LogP) is 3.04. The smallest absolute Gasteiger partial charge is 0.137 e. The van der Waals surface area contributed by atoms with Crippen molar-refractivity contribution in [2.24, 2.45) is 0 Å². The highest BCUT2D eigenvalue weighted by molar-refractivity contribution is 6.32. The van der Waals surface area contributed by atoms with Crippen molar-refractivity contribution in [3.8, 4) is 5.75 Å². The lowest BCUT2D eigenvalue weighted by atomic mass is 10.2. The molecule has 0 aliphatic rings. The Labute approximate surface area is 114 Å². The van der Waals surface area contributed by atoms with Gasteiger partial charge in [0.05, 0.1) is 5.02 Å². The molecule has 1 aromatic rings. The third kappa shape index (κ3) is 6.24. The minimum Gasteiger partial charge on any atom is -0.491 e. The van der Waals surface area contributed by atoms with E-state index >= 15 is 0 Å². The number of hydrogen-bond acceptors (Lipinski definition) is 3. The molecule has 1 aromatic carbocycles. The van der Waals surface area contributed by atoms with Crippen molar-refractivity contribution in [3.05, 3.63) is 28.8 Å². The van der Waals surface area contributed by atoms with Crippen LogP contribution in [0.4, 0.5) is 0 Å². The average molecular weight is 272 g/mol. The monoisotopic (exact) mass is 271 g/mol. The van der Waals surface area contributed by atoms with Crippen LogP contribution in [0.3, 0.4) is 0 Å². The molecular formula is C14H22ClNO2. The Balaban J connectivity index is 2.07. The van der Waals surface area contributed by atoms with Crippen LogP contribution < -0.4 is 10.1 Å². The van der Waals surface area contributed by atoms with Crippen LogP contribution in [-0.2, 0) is 4.74 Å². The molecule has 0 fully saturated rings. The third-order valence-electron chi connectivity index (χ3n) is 2.47. The van der Waals surface area contributed by atoms with Crippen LogP contribution in [0.2, 0.25) is 5.02 Å². The van der Waals surface area contributed by atoms with Gasteiger partial charge < -0.3 is 14.8 Å². The number of nitrogens with one attached hydrogen (secondary N) is 1. The molecule has 1 rings (SSSR count). The van der Waals surface area contributed by atoms with Crippen LogP contribution in [-0.4, -0.2) is 32.9 Å². The summed E-state index contributed by atoms with van der Waals surface area (Å²) in [5.74, 6) is 0.749. The van der Waals surface area contributed by atoms with E-state index in [1.54, 1.807) is 0 Å². The second-order valence-electron chi connectivity index (χ2n) is 4.08. The Morgan fingerprint density at radius 2 is 2.06 bits per heavy atom. The molecule has 0 atom stereocenters. The maximum absolute atomic E-state index is 6.06. The summed E-state index contributed by atoms with van der Waals surface area (Å²) < 4.78 is 10.8. The van der Waals surface area contributed by atoms with E-state index in [0.29, 0.717) is 11.6 Å². The first-order valence-electron chi connectivity index (χ1n) is 6.41. The highest BCUT2D eigenvalue weighted by Crippen LogP contribution is 2.24. The van der Waals surface area contributed by atoms with Crippen LogP contribution in [0.5, 0.6) is 5.75 Å². The van der Waals surface area contributed by atoms with Crippen molar-refractivity contribution < 1.29 is 9.47 Å². The molecule has 0 heterocycles. The summed E-state index contributed by atoms with van der Waals surface area (Å²) >= 11 is 6.06. The van der Waals surface area contributed by atoms with Gasteiger partial charge in [-0.1, -0.05) is 17.7 Å². The molecule has 18 heavy (non-hydrogen) atoms. The second kappa shape index (κ2) is 9.20. The molecule has 0 amide bonds. The maximum atomic E-state index is 6.06. The topological polar surface area (TPSA) is 30.5 Å². The highest BCUT2D eigenvalue weighted by atomic mass is 35.5. The summed E-state index contributed by atoms with van der Waals surface area (Å²) in [6, 6.07) is 5.82. The van der Waals surface area contributed by atoms with Gasteiger partial charge in [-0.3, -0.25) is 0 Å². The molecule has 4 heteroatoms. The summed E-state index contributed by atoms with van der Waals surface area (Å²) in [5, 5.41) is 3.97. The number of halogens is 1. The van der Waals surface area contributed by atoms with Gasteiger partial charge in [0, 0.05) is 19.8 Å². The Kier molecular flexibility index (Phi) is 7.81. The van der Waals surface area contributed by atoms with E-state index in [0.717, 1.165) is 44.0 Å². The van der Waals surface area contributed by atoms with Gasteiger partial charge in [0.25, 0.3) is 0 Å². The highest BCUT2D eigenvalue weighted by Gasteiger charge is 2.00. The van der Waals surface area contributed by atoms with E-state index in [1.165, 1.54) is 0 Å². The van der Waals surface area contributed by atoms with E-state index in [4.69, 9.17) is 21.1 Å². The fraction of sp³-hybridized carbons (Fsp3) is 0.571. The molecule has 1 N–H and O–H groups in total. The molecule has 0 unspecified atom stereocenters. The SMILES string of the molecule is CCOCCCNCCOc1ccc(C)cc1Cl. The van der Waals surface area contributed by atoms with Gasteiger partial charge in [0.1, 0.15) is 12.4 Å². The lowest BCUT2D eigenvalue weighted by Crippen LogP contribution is -2.23. The van der Waals surface area contributed by atoms with Crippen molar-refractivity contribution in [1.29, 1.82) is 0 Å². The molecule has 0 aromatic heterocycles. The second-order valence-corrected chi connectivity index (χ2v) is 4.49. The van der Waals surface area contributed by atoms with E-state index < -0.39 is 0 Å². The molecule has 102 valence electrons. The van der Waals surface area contributed by atoms with Gasteiger partial charge in [0.2, 0.25) is 0 Å². The van der Waals surface area contributed by atoms with Gasteiger partial charge in [-0.2, -0.15) is 0 Å². The van der Waals surface area contributed by atoms with Gasteiger partial charge in [-0.15, -0.1) is 0 Å². The van der Waals surface area contributed by atoms with Crippen LogP contribution in [0.1, 0.15) is 18.9 Å². The van der Waals surface area contributed by atoms with Crippen LogP contribution in [0.25, 0.3) is 0 Å². The number of hydrogen-bond donors (Lipinski definition) is 1. The minimum absolute atomic E-state index is 0.622. The molecule has 0 aliphatic heterocycles. The van der Waals surface area contributed by atoms with E-state index in [9.17, 15) is 0 Å². The zero-order valence-electron chi connectivity index (χ0n) is 11.2. The fourth-order valence-electron chi connectivity index (χ4n) is 1.52. The number of aryl methyl sites for hydroxylation is 1. The molecule has 0 radical (unpaired) electrons. The summed E-state index contributed by atoms with van der Waals surface area (Å²) in [6.07, 6.45) is 1.03. The Morgan fingerprint density at radius 1 is 1.22 bits per heavy atom. The zero-order valence-corrected chi connectivity index (χ0v) is 11.9.